The Balaban J connectivity index is 1.76. The summed E-state index contributed by atoms with van der Waals surface area (Å²) in [5, 5.41) is 6.93. The standard InChI is InChI=1S/C11H14N4O2S2/c1-6-5-8(15-17-6)14-9(16)3-4-18-10-7(2)13-11(12)19-10/h5H,3-4H2,1-2H3,(H2,12,13)(H,14,15,16). The smallest absolute Gasteiger partial charge is 0.226 e. The number of rotatable bonds is 5. The molecule has 2 heterocycles. The summed E-state index contributed by atoms with van der Waals surface area (Å²) in [6.45, 7) is 3.68. The average Bonchev–Trinajstić information content (AvgIpc) is 2.86. The van der Waals surface area contributed by atoms with Crippen LogP contribution in [0.15, 0.2) is 14.8 Å². The van der Waals surface area contributed by atoms with E-state index in [0.29, 0.717) is 28.9 Å². The highest BCUT2D eigenvalue weighted by Gasteiger charge is 2.09. The topological polar surface area (TPSA) is 94.0 Å². The first kappa shape index (κ1) is 13.9. The van der Waals surface area contributed by atoms with Crippen molar-refractivity contribution in [3.8, 4) is 0 Å². The van der Waals surface area contributed by atoms with Gasteiger partial charge >= 0.3 is 0 Å². The summed E-state index contributed by atoms with van der Waals surface area (Å²) < 4.78 is 5.93. The van der Waals surface area contributed by atoms with Gasteiger partial charge in [0.25, 0.3) is 0 Å². The Kier molecular flexibility index (Phi) is 4.43. The molecule has 2 aromatic rings. The summed E-state index contributed by atoms with van der Waals surface area (Å²) in [5.74, 6) is 1.70. The molecule has 0 saturated carbocycles. The lowest BCUT2D eigenvalue weighted by molar-refractivity contribution is -0.115. The molecule has 0 aliphatic carbocycles. The number of nitrogens with zero attached hydrogens (tertiary/aromatic N) is 2. The second-order valence-corrected chi connectivity index (χ2v) is 6.29. The normalized spacial score (nSPS) is 10.6. The van der Waals surface area contributed by atoms with Crippen molar-refractivity contribution in [3.05, 3.63) is 17.5 Å². The van der Waals surface area contributed by atoms with Crippen LogP contribution in [0.3, 0.4) is 0 Å². The minimum absolute atomic E-state index is 0.0871. The number of nitrogens with one attached hydrogen (secondary N) is 1. The van der Waals surface area contributed by atoms with Gasteiger partial charge in [0.2, 0.25) is 5.91 Å². The van der Waals surface area contributed by atoms with Gasteiger partial charge in [0.15, 0.2) is 10.9 Å². The highest BCUT2D eigenvalue weighted by molar-refractivity contribution is 8.01. The average molecular weight is 298 g/mol. The minimum Gasteiger partial charge on any atom is -0.375 e. The zero-order chi connectivity index (χ0) is 13.8. The molecule has 0 unspecified atom stereocenters. The molecule has 8 heteroatoms. The number of hydrogen-bond acceptors (Lipinski definition) is 7. The van der Waals surface area contributed by atoms with Crippen molar-refractivity contribution in [3.63, 3.8) is 0 Å². The zero-order valence-corrected chi connectivity index (χ0v) is 12.2. The van der Waals surface area contributed by atoms with Crippen LogP contribution in [-0.4, -0.2) is 21.8 Å². The van der Waals surface area contributed by atoms with Crippen molar-refractivity contribution in [2.75, 3.05) is 16.8 Å². The first-order chi connectivity index (χ1) is 9.04. The molecular formula is C11H14N4O2S2. The van der Waals surface area contributed by atoms with E-state index in [0.717, 1.165) is 9.90 Å². The van der Waals surface area contributed by atoms with E-state index in [4.69, 9.17) is 10.3 Å². The molecule has 2 aromatic heterocycles. The van der Waals surface area contributed by atoms with E-state index in [1.165, 1.54) is 11.3 Å². The van der Waals surface area contributed by atoms with E-state index < -0.39 is 0 Å². The van der Waals surface area contributed by atoms with Gasteiger partial charge in [-0.2, -0.15) is 0 Å². The van der Waals surface area contributed by atoms with E-state index in [1.54, 1.807) is 24.8 Å². The molecule has 0 aliphatic rings. The van der Waals surface area contributed by atoms with Gasteiger partial charge in [-0.25, -0.2) is 4.98 Å². The number of nitrogen functional groups attached to an aromatic ring is 1. The lowest BCUT2D eigenvalue weighted by atomic mass is 10.4. The number of amides is 1. The van der Waals surface area contributed by atoms with Gasteiger partial charge < -0.3 is 15.6 Å². The number of aryl methyl sites for hydroxylation is 2. The van der Waals surface area contributed by atoms with Crippen LogP contribution in [0.2, 0.25) is 0 Å². The largest absolute Gasteiger partial charge is 0.375 e. The fraction of sp³-hybridized carbons (Fsp3) is 0.364. The van der Waals surface area contributed by atoms with Crippen LogP contribution in [-0.2, 0) is 4.79 Å². The van der Waals surface area contributed by atoms with Crippen LogP contribution in [0.1, 0.15) is 17.9 Å². The Bertz CT molecular complexity index is 579. The molecule has 0 fully saturated rings. The number of carbonyl (C=O) groups is 1. The maximum atomic E-state index is 11.7. The summed E-state index contributed by atoms with van der Waals surface area (Å²) in [4.78, 5) is 15.8. The van der Waals surface area contributed by atoms with Crippen molar-refractivity contribution >= 4 is 40.0 Å². The Labute approximate surface area is 118 Å². The SMILES string of the molecule is Cc1cc(NC(=O)CCSc2sc(N)nc2C)no1. The van der Waals surface area contributed by atoms with E-state index in [-0.39, 0.29) is 5.91 Å². The number of carbonyl (C=O) groups excluding carboxylic acids is 1. The van der Waals surface area contributed by atoms with Crippen LogP contribution < -0.4 is 11.1 Å². The highest BCUT2D eigenvalue weighted by atomic mass is 32.2. The fourth-order valence-corrected chi connectivity index (χ4v) is 3.44. The Hall–Kier alpha value is -1.54. The number of aromatic nitrogens is 2. The number of hydrogen-bond donors (Lipinski definition) is 2. The minimum atomic E-state index is -0.0871. The van der Waals surface area contributed by atoms with Crippen molar-refractivity contribution in [2.24, 2.45) is 0 Å². The van der Waals surface area contributed by atoms with Crippen molar-refractivity contribution in [2.45, 2.75) is 24.5 Å². The van der Waals surface area contributed by atoms with Crippen molar-refractivity contribution in [1.29, 1.82) is 0 Å². The van der Waals surface area contributed by atoms with Crippen LogP contribution >= 0.6 is 23.1 Å². The van der Waals surface area contributed by atoms with Gasteiger partial charge in [-0.15, -0.1) is 11.8 Å². The van der Waals surface area contributed by atoms with E-state index in [9.17, 15) is 4.79 Å². The van der Waals surface area contributed by atoms with Gasteiger partial charge in [0, 0.05) is 18.2 Å². The number of anilines is 2. The summed E-state index contributed by atoms with van der Waals surface area (Å²) in [5.41, 5.74) is 6.53. The van der Waals surface area contributed by atoms with Crippen molar-refractivity contribution < 1.29 is 9.32 Å². The third kappa shape index (κ3) is 3.97. The first-order valence-electron chi connectivity index (χ1n) is 5.63. The third-order valence-corrected chi connectivity index (χ3v) is 4.58. The van der Waals surface area contributed by atoms with Crippen LogP contribution in [0, 0.1) is 13.8 Å². The summed E-state index contributed by atoms with van der Waals surface area (Å²) in [7, 11) is 0. The monoisotopic (exact) mass is 298 g/mol. The molecule has 3 N–H and O–H groups in total. The Morgan fingerprint density at radius 1 is 1.58 bits per heavy atom. The second-order valence-electron chi connectivity index (χ2n) is 3.89. The quantitative estimate of drug-likeness (QED) is 0.823. The van der Waals surface area contributed by atoms with Gasteiger partial charge in [-0.3, -0.25) is 4.79 Å². The predicted octanol–water partition coefficient (Wildman–Crippen LogP) is 2.45. The Morgan fingerprint density at radius 2 is 2.37 bits per heavy atom. The van der Waals surface area contributed by atoms with Gasteiger partial charge in [0.1, 0.15) is 5.76 Å². The molecular weight excluding hydrogens is 284 g/mol. The summed E-state index contributed by atoms with van der Waals surface area (Å²) >= 11 is 3.03. The number of nitrogens with two attached hydrogens (primary N) is 1. The van der Waals surface area contributed by atoms with Crippen molar-refractivity contribution in [1.82, 2.24) is 10.1 Å². The molecule has 0 atom stereocenters. The first-order valence-corrected chi connectivity index (χ1v) is 7.43. The van der Waals surface area contributed by atoms with Crippen LogP contribution in [0.5, 0.6) is 0 Å². The van der Waals surface area contributed by atoms with E-state index in [1.807, 2.05) is 6.92 Å². The molecule has 1 amide bonds. The van der Waals surface area contributed by atoms with Gasteiger partial charge in [-0.1, -0.05) is 16.5 Å². The fourth-order valence-electron chi connectivity index (χ4n) is 1.40. The van der Waals surface area contributed by atoms with Gasteiger partial charge in [-0.05, 0) is 13.8 Å². The summed E-state index contributed by atoms with van der Waals surface area (Å²) in [6, 6.07) is 1.68. The molecule has 0 bridgehead atoms. The number of thioether (sulfide) groups is 1. The molecule has 0 radical (unpaired) electrons. The van der Waals surface area contributed by atoms with E-state index >= 15 is 0 Å². The zero-order valence-electron chi connectivity index (χ0n) is 10.6. The lowest BCUT2D eigenvalue weighted by Gasteiger charge is -2.00. The molecule has 0 saturated heterocycles. The number of thiazole rings is 1. The van der Waals surface area contributed by atoms with Gasteiger partial charge in [0.05, 0.1) is 9.90 Å². The highest BCUT2D eigenvalue weighted by Crippen LogP contribution is 2.30. The molecule has 19 heavy (non-hydrogen) atoms. The maximum Gasteiger partial charge on any atom is 0.226 e. The molecule has 2 rings (SSSR count). The molecule has 0 spiro atoms. The van der Waals surface area contributed by atoms with Crippen LogP contribution in [0.4, 0.5) is 10.9 Å². The molecule has 0 aliphatic heterocycles. The second kappa shape index (κ2) is 6.07. The summed E-state index contributed by atoms with van der Waals surface area (Å²) in [6.07, 6.45) is 0.397. The molecule has 6 nitrogen and oxygen atoms in total. The maximum absolute atomic E-state index is 11.7. The van der Waals surface area contributed by atoms with E-state index in [2.05, 4.69) is 15.5 Å². The Morgan fingerprint density at radius 3 is 2.95 bits per heavy atom. The molecule has 102 valence electrons. The predicted molar refractivity (Wildman–Crippen MR) is 76.5 cm³/mol. The molecule has 0 aromatic carbocycles. The third-order valence-electron chi connectivity index (χ3n) is 2.23. The van der Waals surface area contributed by atoms with Crippen LogP contribution in [0.25, 0.3) is 0 Å². The lowest BCUT2D eigenvalue weighted by Crippen LogP contribution is -2.12.